The lowest BCUT2D eigenvalue weighted by atomic mass is 10.2. The van der Waals surface area contributed by atoms with E-state index in [0.717, 1.165) is 19.6 Å². The fraction of sp³-hybridized carbons (Fsp3) is 0.846. The van der Waals surface area contributed by atoms with Gasteiger partial charge in [-0.2, -0.15) is 0 Å². The first kappa shape index (κ1) is 15.8. The second-order valence-corrected chi connectivity index (χ2v) is 5.20. The summed E-state index contributed by atoms with van der Waals surface area (Å²) in [7, 11) is 4.83. The van der Waals surface area contributed by atoms with Crippen LogP contribution in [0.25, 0.3) is 0 Å². The molecule has 6 nitrogen and oxygen atoms in total. The lowest BCUT2D eigenvalue weighted by Gasteiger charge is -2.36. The van der Waals surface area contributed by atoms with Gasteiger partial charge >= 0.3 is 12.1 Å². The highest BCUT2D eigenvalue weighted by atomic mass is 16.2. The summed E-state index contributed by atoms with van der Waals surface area (Å²) in [5.74, 6) is 0. The number of nitrogens with zero attached hydrogens (tertiary/aromatic N) is 4. The fourth-order valence-corrected chi connectivity index (χ4v) is 2.14. The molecule has 4 amide bonds. The third kappa shape index (κ3) is 4.38. The molecule has 0 radical (unpaired) electrons. The number of hydrogen-bond acceptors (Lipinski definition) is 3. The number of carbonyl (C=O) groups is 2. The molecular formula is C13H26N4O2. The van der Waals surface area contributed by atoms with Gasteiger partial charge in [0.25, 0.3) is 0 Å². The molecule has 0 N–H and O–H groups in total. The Bertz CT molecular complexity index is 312. The quantitative estimate of drug-likeness (QED) is 0.772. The minimum atomic E-state index is -0.279. The van der Waals surface area contributed by atoms with Crippen molar-refractivity contribution in [1.29, 1.82) is 0 Å². The van der Waals surface area contributed by atoms with E-state index >= 15 is 0 Å². The smallest absolute Gasteiger partial charge is 0.327 e. The third-order valence-electron chi connectivity index (χ3n) is 3.43. The van der Waals surface area contributed by atoms with Gasteiger partial charge in [0, 0.05) is 47.3 Å². The Labute approximate surface area is 115 Å². The molecule has 6 heteroatoms. The fourth-order valence-electron chi connectivity index (χ4n) is 2.14. The zero-order valence-electron chi connectivity index (χ0n) is 12.6. The SMILES string of the molecule is CCCCN1CCN(C(=O)N(C)C(=O)N(C)C)CC1. The van der Waals surface area contributed by atoms with Crippen LogP contribution in [0.3, 0.4) is 0 Å². The number of amides is 4. The predicted octanol–water partition coefficient (Wildman–Crippen LogP) is 1.14. The Morgan fingerprint density at radius 3 is 2.11 bits per heavy atom. The van der Waals surface area contributed by atoms with Gasteiger partial charge in [-0.15, -0.1) is 0 Å². The van der Waals surface area contributed by atoms with Crippen LogP contribution in [0.4, 0.5) is 9.59 Å². The molecule has 0 aromatic rings. The average molecular weight is 270 g/mol. The van der Waals surface area contributed by atoms with Crippen molar-refractivity contribution < 1.29 is 9.59 Å². The minimum Gasteiger partial charge on any atom is -0.330 e. The molecule has 1 heterocycles. The molecule has 1 rings (SSSR count). The van der Waals surface area contributed by atoms with Gasteiger partial charge in [0.15, 0.2) is 0 Å². The van der Waals surface area contributed by atoms with Gasteiger partial charge < -0.3 is 9.80 Å². The number of imide groups is 1. The van der Waals surface area contributed by atoms with Crippen LogP contribution in [-0.2, 0) is 0 Å². The first-order valence-corrected chi connectivity index (χ1v) is 6.93. The van der Waals surface area contributed by atoms with E-state index in [9.17, 15) is 9.59 Å². The number of carbonyl (C=O) groups excluding carboxylic acids is 2. The van der Waals surface area contributed by atoms with E-state index in [4.69, 9.17) is 0 Å². The standard InChI is InChI=1S/C13H26N4O2/c1-5-6-7-16-8-10-17(11-9-16)13(19)15(4)12(18)14(2)3/h5-11H2,1-4H3. The summed E-state index contributed by atoms with van der Waals surface area (Å²) in [5.41, 5.74) is 0. The molecule has 0 bridgehead atoms. The van der Waals surface area contributed by atoms with E-state index in [2.05, 4.69) is 11.8 Å². The largest absolute Gasteiger partial charge is 0.330 e. The minimum absolute atomic E-state index is 0.200. The molecular weight excluding hydrogens is 244 g/mol. The molecule has 0 unspecified atom stereocenters. The molecule has 19 heavy (non-hydrogen) atoms. The Kier molecular flexibility index (Phi) is 6.08. The summed E-state index contributed by atoms with van der Waals surface area (Å²) in [4.78, 5) is 30.6. The van der Waals surface area contributed by atoms with E-state index < -0.39 is 0 Å². The van der Waals surface area contributed by atoms with Crippen molar-refractivity contribution in [1.82, 2.24) is 19.6 Å². The molecule has 1 aliphatic rings. The van der Waals surface area contributed by atoms with Crippen LogP contribution >= 0.6 is 0 Å². The maximum atomic E-state index is 12.2. The van der Waals surface area contributed by atoms with E-state index in [1.165, 1.54) is 29.7 Å². The topological polar surface area (TPSA) is 47.1 Å². The Morgan fingerprint density at radius 1 is 1.05 bits per heavy atom. The Balaban J connectivity index is 2.42. The number of hydrogen-bond donors (Lipinski definition) is 0. The summed E-state index contributed by atoms with van der Waals surface area (Å²) >= 11 is 0. The van der Waals surface area contributed by atoms with Gasteiger partial charge in [-0.3, -0.25) is 4.90 Å². The first-order valence-electron chi connectivity index (χ1n) is 6.93. The van der Waals surface area contributed by atoms with Crippen LogP contribution in [0.15, 0.2) is 0 Å². The second-order valence-electron chi connectivity index (χ2n) is 5.20. The Morgan fingerprint density at radius 2 is 1.63 bits per heavy atom. The van der Waals surface area contributed by atoms with E-state index in [1.54, 1.807) is 19.0 Å². The van der Waals surface area contributed by atoms with Gasteiger partial charge in [0.05, 0.1) is 0 Å². The number of rotatable bonds is 3. The van der Waals surface area contributed by atoms with Crippen LogP contribution in [0.2, 0.25) is 0 Å². The molecule has 0 aromatic carbocycles. The molecule has 1 saturated heterocycles. The monoisotopic (exact) mass is 270 g/mol. The van der Waals surface area contributed by atoms with Crippen molar-refractivity contribution >= 4 is 12.1 Å². The van der Waals surface area contributed by atoms with Crippen LogP contribution in [0.1, 0.15) is 19.8 Å². The number of urea groups is 2. The molecule has 0 aromatic heterocycles. The summed E-state index contributed by atoms with van der Waals surface area (Å²) < 4.78 is 0. The van der Waals surface area contributed by atoms with E-state index in [1.807, 2.05) is 0 Å². The first-order chi connectivity index (χ1) is 8.97. The van der Waals surface area contributed by atoms with Gasteiger partial charge in [0.2, 0.25) is 0 Å². The predicted molar refractivity (Wildman–Crippen MR) is 75.2 cm³/mol. The third-order valence-corrected chi connectivity index (χ3v) is 3.43. The van der Waals surface area contributed by atoms with Crippen LogP contribution < -0.4 is 0 Å². The van der Waals surface area contributed by atoms with Gasteiger partial charge in [-0.05, 0) is 13.0 Å². The van der Waals surface area contributed by atoms with Crippen molar-refractivity contribution in [2.24, 2.45) is 0 Å². The van der Waals surface area contributed by atoms with Gasteiger partial charge in [-0.1, -0.05) is 13.3 Å². The summed E-state index contributed by atoms with van der Waals surface area (Å²) in [6, 6.07) is -0.479. The van der Waals surface area contributed by atoms with Crippen molar-refractivity contribution in [3.63, 3.8) is 0 Å². The van der Waals surface area contributed by atoms with Crippen LogP contribution in [0, 0.1) is 0 Å². The van der Waals surface area contributed by atoms with Gasteiger partial charge in [0.1, 0.15) is 0 Å². The maximum absolute atomic E-state index is 12.2. The zero-order valence-corrected chi connectivity index (χ0v) is 12.6. The number of unbranched alkanes of at least 4 members (excludes halogenated alkanes) is 1. The van der Waals surface area contributed by atoms with E-state index in [0.29, 0.717) is 13.1 Å². The van der Waals surface area contributed by atoms with Crippen molar-refractivity contribution in [3.8, 4) is 0 Å². The highest BCUT2D eigenvalue weighted by Gasteiger charge is 2.26. The summed E-state index contributed by atoms with van der Waals surface area (Å²) in [6.07, 6.45) is 2.40. The molecule has 0 saturated carbocycles. The Hall–Kier alpha value is -1.30. The lowest BCUT2D eigenvalue weighted by Crippen LogP contribution is -2.54. The van der Waals surface area contributed by atoms with Crippen molar-refractivity contribution in [3.05, 3.63) is 0 Å². The molecule has 110 valence electrons. The van der Waals surface area contributed by atoms with Gasteiger partial charge in [-0.25, -0.2) is 14.5 Å². The summed E-state index contributed by atoms with van der Waals surface area (Å²) in [6.45, 7) is 6.49. The maximum Gasteiger partial charge on any atom is 0.327 e. The normalized spacial score (nSPS) is 16.3. The number of piperazine rings is 1. The molecule has 1 aliphatic heterocycles. The highest BCUT2D eigenvalue weighted by molar-refractivity contribution is 5.93. The average Bonchev–Trinajstić information content (AvgIpc) is 2.43. The zero-order chi connectivity index (χ0) is 14.4. The van der Waals surface area contributed by atoms with Crippen LogP contribution in [0.5, 0.6) is 0 Å². The van der Waals surface area contributed by atoms with Crippen molar-refractivity contribution in [2.75, 3.05) is 53.9 Å². The lowest BCUT2D eigenvalue weighted by molar-refractivity contribution is 0.116. The second kappa shape index (κ2) is 7.33. The molecule has 0 spiro atoms. The molecule has 1 fully saturated rings. The molecule has 0 aliphatic carbocycles. The highest BCUT2D eigenvalue weighted by Crippen LogP contribution is 2.07. The molecule has 0 atom stereocenters. The van der Waals surface area contributed by atoms with E-state index in [-0.39, 0.29) is 12.1 Å². The van der Waals surface area contributed by atoms with Crippen molar-refractivity contribution in [2.45, 2.75) is 19.8 Å². The van der Waals surface area contributed by atoms with Crippen LogP contribution in [-0.4, -0.2) is 85.5 Å². The summed E-state index contributed by atoms with van der Waals surface area (Å²) in [5, 5.41) is 0.